The summed E-state index contributed by atoms with van der Waals surface area (Å²) in [5.41, 5.74) is 0.669. The van der Waals surface area contributed by atoms with Crippen molar-refractivity contribution in [3.63, 3.8) is 0 Å². The molecule has 0 amide bonds. The van der Waals surface area contributed by atoms with Crippen molar-refractivity contribution in [1.82, 2.24) is 0 Å². The standard InChI is InChI=1S/C24H42O3S.C21H38N/c1-2-3-4-5-6-7-8-9-10-11-12-13-14-15-16-17-20-23-21-18-19-22-24(23)28(25,26)27;1-2-3-4-5-6-7-8-9-10-11-12-13-14-16-19-22-20-17-15-18-21-22/h18-19,21-22H,2-17,20H2,1H3,(H,25,26,27);15,17-18,20-21H,2-14,16,19H2,1H3/q;+1/p-1. The Kier molecular flexibility index (Phi) is 31.8. The van der Waals surface area contributed by atoms with Gasteiger partial charge in [0.2, 0.25) is 0 Å². The number of hydrogen-bond donors (Lipinski definition) is 0. The first kappa shape index (κ1) is 46.3. The van der Waals surface area contributed by atoms with Crippen molar-refractivity contribution in [3.8, 4) is 0 Å². The van der Waals surface area contributed by atoms with Crippen LogP contribution < -0.4 is 4.57 Å². The number of benzene rings is 1. The second-order valence-electron chi connectivity index (χ2n) is 14.8. The third kappa shape index (κ3) is 28.9. The van der Waals surface area contributed by atoms with Gasteiger partial charge in [-0.3, -0.25) is 0 Å². The Morgan fingerprint density at radius 3 is 1.16 bits per heavy atom. The molecule has 50 heavy (non-hydrogen) atoms. The zero-order valence-electron chi connectivity index (χ0n) is 32.9. The van der Waals surface area contributed by atoms with Gasteiger partial charge in [0.05, 0.1) is 4.90 Å². The average Bonchev–Trinajstić information content (AvgIpc) is 3.12. The first-order valence-corrected chi connectivity index (χ1v) is 22.9. The maximum atomic E-state index is 11.3. The van der Waals surface area contributed by atoms with E-state index in [9.17, 15) is 13.0 Å². The van der Waals surface area contributed by atoms with Gasteiger partial charge in [-0.2, -0.15) is 0 Å². The number of aromatic nitrogens is 1. The molecule has 0 spiro atoms. The van der Waals surface area contributed by atoms with Gasteiger partial charge in [-0.1, -0.05) is 211 Å². The number of unbranched alkanes of at least 4 members (excludes halogenated alkanes) is 28. The fourth-order valence-electron chi connectivity index (χ4n) is 6.89. The summed E-state index contributed by atoms with van der Waals surface area (Å²) in [6.45, 7) is 5.74. The maximum Gasteiger partial charge on any atom is 0.168 e. The Hall–Kier alpha value is -1.72. The SMILES string of the molecule is CCCCCCCCCCCCCCCCCCc1ccccc1S(=O)(=O)[O-].CCCCCCCCCCCCCCCC[n+]1ccccc1. The molecule has 0 unspecified atom stereocenters. The molecule has 0 aliphatic carbocycles. The molecule has 288 valence electrons. The van der Waals surface area contributed by atoms with Crippen molar-refractivity contribution >= 4 is 10.1 Å². The molecule has 1 heterocycles. The van der Waals surface area contributed by atoms with Gasteiger partial charge in [-0.15, -0.1) is 0 Å². The number of aryl methyl sites for hydroxylation is 2. The lowest BCUT2D eigenvalue weighted by atomic mass is 10.0. The van der Waals surface area contributed by atoms with Gasteiger partial charge in [0.15, 0.2) is 12.4 Å². The topological polar surface area (TPSA) is 61.1 Å². The van der Waals surface area contributed by atoms with Gasteiger partial charge < -0.3 is 4.55 Å². The highest BCUT2D eigenvalue weighted by atomic mass is 32.2. The van der Waals surface area contributed by atoms with E-state index in [0.29, 0.717) is 12.0 Å². The zero-order valence-corrected chi connectivity index (χ0v) is 33.7. The van der Waals surface area contributed by atoms with Crippen LogP contribution in [-0.2, 0) is 23.1 Å². The Morgan fingerprint density at radius 2 is 0.780 bits per heavy atom. The van der Waals surface area contributed by atoms with Crippen molar-refractivity contribution in [1.29, 1.82) is 0 Å². The summed E-state index contributed by atoms with van der Waals surface area (Å²) in [5, 5.41) is 0. The number of rotatable bonds is 33. The monoisotopic (exact) mass is 714 g/mol. The third-order valence-electron chi connectivity index (χ3n) is 10.1. The van der Waals surface area contributed by atoms with Crippen LogP contribution in [-0.4, -0.2) is 13.0 Å². The normalized spacial score (nSPS) is 11.4. The molecule has 0 aliphatic heterocycles. The van der Waals surface area contributed by atoms with Crippen molar-refractivity contribution in [2.75, 3.05) is 0 Å². The van der Waals surface area contributed by atoms with E-state index in [1.165, 1.54) is 192 Å². The van der Waals surface area contributed by atoms with Crippen molar-refractivity contribution < 1.29 is 17.5 Å². The summed E-state index contributed by atoms with van der Waals surface area (Å²) in [6.07, 6.45) is 46.2. The number of hydrogen-bond acceptors (Lipinski definition) is 3. The molecule has 0 radical (unpaired) electrons. The zero-order chi connectivity index (χ0) is 36.2. The van der Waals surface area contributed by atoms with Crippen molar-refractivity contribution in [2.45, 2.75) is 224 Å². The lowest BCUT2D eigenvalue weighted by Gasteiger charge is -2.12. The van der Waals surface area contributed by atoms with E-state index in [4.69, 9.17) is 0 Å². The summed E-state index contributed by atoms with van der Waals surface area (Å²) in [7, 11) is -4.36. The summed E-state index contributed by atoms with van der Waals surface area (Å²) in [5.74, 6) is 0. The van der Waals surface area contributed by atoms with Gasteiger partial charge in [-0.05, 0) is 30.9 Å². The highest BCUT2D eigenvalue weighted by Crippen LogP contribution is 2.19. The molecule has 4 nitrogen and oxygen atoms in total. The minimum absolute atomic E-state index is 0.0454. The van der Waals surface area contributed by atoms with Crippen LogP contribution in [0.5, 0.6) is 0 Å². The average molecular weight is 714 g/mol. The molecular formula is C45H79NO3S. The molecule has 1 aromatic carbocycles. The van der Waals surface area contributed by atoms with Gasteiger partial charge in [0.25, 0.3) is 0 Å². The van der Waals surface area contributed by atoms with E-state index in [-0.39, 0.29) is 4.90 Å². The molecule has 2 aromatic rings. The predicted molar refractivity (Wildman–Crippen MR) is 215 cm³/mol. The minimum Gasteiger partial charge on any atom is -0.744 e. The maximum absolute atomic E-state index is 11.3. The van der Waals surface area contributed by atoms with E-state index in [1.54, 1.807) is 18.2 Å². The van der Waals surface area contributed by atoms with Gasteiger partial charge >= 0.3 is 0 Å². The first-order chi connectivity index (χ1) is 24.5. The molecule has 0 bridgehead atoms. The van der Waals surface area contributed by atoms with Crippen LogP contribution >= 0.6 is 0 Å². The predicted octanol–water partition coefficient (Wildman–Crippen LogP) is 13.9. The smallest absolute Gasteiger partial charge is 0.168 e. The first-order valence-electron chi connectivity index (χ1n) is 21.5. The molecule has 0 saturated carbocycles. The van der Waals surface area contributed by atoms with Crippen LogP contribution in [0.1, 0.15) is 212 Å². The number of pyridine rings is 1. The molecule has 0 atom stereocenters. The highest BCUT2D eigenvalue weighted by Gasteiger charge is 2.07. The lowest BCUT2D eigenvalue weighted by molar-refractivity contribution is -0.697. The van der Waals surface area contributed by atoms with E-state index in [1.807, 2.05) is 0 Å². The van der Waals surface area contributed by atoms with Crippen LogP contribution in [0, 0.1) is 0 Å². The molecule has 2 rings (SSSR count). The Morgan fingerprint density at radius 1 is 0.440 bits per heavy atom. The molecule has 5 heteroatoms. The quantitative estimate of drug-likeness (QED) is 0.0420. The Balaban J connectivity index is 0.000000515. The van der Waals surface area contributed by atoms with E-state index in [0.717, 1.165) is 12.8 Å². The fraction of sp³-hybridized carbons (Fsp3) is 0.756. The van der Waals surface area contributed by atoms with Crippen LogP contribution in [0.25, 0.3) is 0 Å². The van der Waals surface area contributed by atoms with Gasteiger partial charge in [-0.25, -0.2) is 13.0 Å². The highest BCUT2D eigenvalue weighted by molar-refractivity contribution is 7.85. The minimum atomic E-state index is -4.36. The third-order valence-corrected chi connectivity index (χ3v) is 11.0. The molecule has 0 aliphatic rings. The summed E-state index contributed by atoms with van der Waals surface area (Å²) >= 11 is 0. The Labute approximate surface area is 311 Å². The second kappa shape index (κ2) is 34.4. The number of nitrogens with zero attached hydrogens (tertiary/aromatic N) is 1. The van der Waals surface area contributed by atoms with Crippen molar-refractivity contribution in [3.05, 3.63) is 60.4 Å². The second-order valence-corrected chi connectivity index (χ2v) is 16.2. The van der Waals surface area contributed by atoms with E-state index >= 15 is 0 Å². The van der Waals surface area contributed by atoms with Crippen LogP contribution in [0.4, 0.5) is 0 Å². The fourth-order valence-corrected chi connectivity index (χ4v) is 7.63. The van der Waals surface area contributed by atoms with E-state index in [2.05, 4.69) is 49.0 Å². The molecule has 0 saturated heterocycles. The molecule has 0 fully saturated rings. The van der Waals surface area contributed by atoms with Gasteiger partial charge in [0, 0.05) is 18.6 Å². The van der Waals surface area contributed by atoms with Gasteiger partial charge in [0.1, 0.15) is 16.7 Å². The molecular weight excluding hydrogens is 635 g/mol. The van der Waals surface area contributed by atoms with Crippen molar-refractivity contribution in [2.24, 2.45) is 0 Å². The molecule has 0 N–H and O–H groups in total. The van der Waals surface area contributed by atoms with E-state index < -0.39 is 10.1 Å². The van der Waals surface area contributed by atoms with Crippen LogP contribution in [0.15, 0.2) is 59.8 Å². The largest absolute Gasteiger partial charge is 0.744 e. The van der Waals surface area contributed by atoms with Crippen LogP contribution in [0.3, 0.4) is 0 Å². The summed E-state index contributed by atoms with van der Waals surface area (Å²) in [6, 6.07) is 12.9. The summed E-state index contributed by atoms with van der Waals surface area (Å²) < 4.78 is 36.1. The lowest BCUT2D eigenvalue weighted by Crippen LogP contribution is -2.32. The molecule has 1 aromatic heterocycles. The summed E-state index contributed by atoms with van der Waals surface area (Å²) in [4.78, 5) is -0.0454. The Bertz CT molecular complexity index is 1090. The van der Waals surface area contributed by atoms with Crippen LogP contribution in [0.2, 0.25) is 0 Å².